The van der Waals surface area contributed by atoms with Gasteiger partial charge in [0.1, 0.15) is 5.75 Å². The predicted octanol–water partition coefficient (Wildman–Crippen LogP) is 5.69. The van der Waals surface area contributed by atoms with E-state index < -0.39 is 34.6 Å². The Morgan fingerprint density at radius 3 is 2.39 bits per heavy atom. The molecule has 2 N–H and O–H groups in total. The maximum absolute atomic E-state index is 14.1. The molecule has 0 aliphatic rings. The van der Waals surface area contributed by atoms with Gasteiger partial charge >= 0.3 is 6.18 Å². The summed E-state index contributed by atoms with van der Waals surface area (Å²) < 4.78 is 61.9. The molecule has 2 aromatic carbocycles. The van der Waals surface area contributed by atoms with Crippen LogP contribution in [0.15, 0.2) is 53.3 Å². The lowest BCUT2D eigenvalue weighted by Crippen LogP contribution is -2.47. The Balaban J connectivity index is 2.01. The number of aliphatic hydroxyl groups is 1. The summed E-state index contributed by atoms with van der Waals surface area (Å²) in [7, 11) is 0. The fourth-order valence-electron chi connectivity index (χ4n) is 3.55. The summed E-state index contributed by atoms with van der Waals surface area (Å²) in [6.45, 7) is 2.41. The highest BCUT2D eigenvalue weighted by Crippen LogP contribution is 2.50. The standard InChI is InChI=1S/C23H17ClF4N2O3/c1-12(22(32,23(26,27)28)17-6-8-21(31)30-13(17)2)16-5-4-15(10-18(16)24)33-20-7-3-14(11-29)9-19(20)25/h3-10,12,32H,1-2H3,(H,30,31). The highest BCUT2D eigenvalue weighted by Gasteiger charge is 2.59. The van der Waals surface area contributed by atoms with Crippen LogP contribution in [0.1, 0.15) is 35.2 Å². The van der Waals surface area contributed by atoms with E-state index in [1.165, 1.54) is 37.3 Å². The summed E-state index contributed by atoms with van der Waals surface area (Å²) in [6, 6.07) is 10.9. The highest BCUT2D eigenvalue weighted by molar-refractivity contribution is 6.31. The number of hydrogen-bond acceptors (Lipinski definition) is 4. The molecule has 0 fully saturated rings. The molecule has 0 aliphatic heterocycles. The van der Waals surface area contributed by atoms with Crippen molar-refractivity contribution >= 4 is 11.6 Å². The van der Waals surface area contributed by atoms with Crippen LogP contribution in [0, 0.1) is 24.1 Å². The number of aryl methyl sites for hydroxylation is 1. The minimum absolute atomic E-state index is 0.0373. The van der Waals surface area contributed by atoms with Crippen LogP contribution in [0.2, 0.25) is 5.02 Å². The molecule has 3 aromatic rings. The molecule has 172 valence electrons. The summed E-state index contributed by atoms with van der Waals surface area (Å²) in [5.41, 5.74) is -4.59. The van der Waals surface area contributed by atoms with Gasteiger partial charge in [0, 0.05) is 28.3 Å². The number of hydrogen-bond donors (Lipinski definition) is 2. The van der Waals surface area contributed by atoms with Crippen LogP contribution in [0.4, 0.5) is 17.6 Å². The number of benzene rings is 2. The molecule has 0 saturated heterocycles. The van der Waals surface area contributed by atoms with Crippen molar-refractivity contribution in [2.45, 2.75) is 31.5 Å². The van der Waals surface area contributed by atoms with E-state index in [0.717, 1.165) is 25.1 Å². The average Bonchev–Trinajstić information content (AvgIpc) is 2.73. The van der Waals surface area contributed by atoms with E-state index >= 15 is 0 Å². The van der Waals surface area contributed by atoms with E-state index in [1.807, 2.05) is 0 Å². The SMILES string of the molecule is Cc1[nH]c(=O)ccc1C(O)(C(C)c1ccc(Oc2ccc(C#N)cc2F)cc1Cl)C(F)(F)F. The van der Waals surface area contributed by atoms with Gasteiger partial charge in [0.05, 0.1) is 11.6 Å². The lowest BCUT2D eigenvalue weighted by Gasteiger charge is -2.37. The first kappa shape index (κ1) is 24.3. The Kier molecular flexibility index (Phi) is 6.54. The van der Waals surface area contributed by atoms with Crippen molar-refractivity contribution in [3.05, 3.63) is 92.1 Å². The molecule has 0 amide bonds. The number of H-pyrrole nitrogens is 1. The number of halogens is 5. The summed E-state index contributed by atoms with van der Waals surface area (Å²) in [5, 5.41) is 19.6. The third-order valence-electron chi connectivity index (χ3n) is 5.31. The maximum Gasteiger partial charge on any atom is 0.422 e. The Morgan fingerprint density at radius 2 is 1.85 bits per heavy atom. The normalized spacial score (nSPS) is 14.3. The van der Waals surface area contributed by atoms with Gasteiger partial charge in [0.25, 0.3) is 0 Å². The van der Waals surface area contributed by atoms with Gasteiger partial charge < -0.3 is 14.8 Å². The fraction of sp³-hybridized carbons (Fsp3) is 0.217. The van der Waals surface area contributed by atoms with Gasteiger partial charge in [-0.05, 0) is 48.9 Å². The van der Waals surface area contributed by atoms with Gasteiger partial charge in [-0.25, -0.2) is 4.39 Å². The van der Waals surface area contributed by atoms with Gasteiger partial charge in [-0.2, -0.15) is 18.4 Å². The van der Waals surface area contributed by atoms with Crippen LogP contribution in [0.3, 0.4) is 0 Å². The number of nitrogens with one attached hydrogen (secondary N) is 1. The number of nitriles is 1. The van der Waals surface area contributed by atoms with Crippen LogP contribution in [0.25, 0.3) is 0 Å². The van der Waals surface area contributed by atoms with Gasteiger partial charge in [-0.15, -0.1) is 0 Å². The minimum atomic E-state index is -5.11. The maximum atomic E-state index is 14.1. The van der Waals surface area contributed by atoms with Crippen molar-refractivity contribution in [2.24, 2.45) is 0 Å². The number of aromatic amines is 1. The molecule has 3 rings (SSSR count). The lowest BCUT2D eigenvalue weighted by molar-refractivity contribution is -0.274. The summed E-state index contributed by atoms with van der Waals surface area (Å²) >= 11 is 6.23. The van der Waals surface area contributed by atoms with E-state index in [2.05, 4.69) is 4.98 Å². The molecule has 0 bridgehead atoms. The van der Waals surface area contributed by atoms with Crippen molar-refractivity contribution in [1.29, 1.82) is 5.26 Å². The van der Waals surface area contributed by atoms with Crippen LogP contribution in [0.5, 0.6) is 11.5 Å². The topological polar surface area (TPSA) is 86.1 Å². The molecule has 1 heterocycles. The second-order valence-corrected chi connectivity index (χ2v) is 7.80. The van der Waals surface area contributed by atoms with Crippen molar-refractivity contribution in [2.75, 3.05) is 0 Å². The largest absolute Gasteiger partial charge is 0.454 e. The molecule has 0 aliphatic carbocycles. The van der Waals surface area contributed by atoms with Crippen molar-refractivity contribution in [3.63, 3.8) is 0 Å². The Morgan fingerprint density at radius 1 is 1.15 bits per heavy atom. The number of ether oxygens (including phenoxy) is 1. The molecule has 0 saturated carbocycles. The van der Waals surface area contributed by atoms with Crippen LogP contribution in [-0.2, 0) is 5.60 Å². The van der Waals surface area contributed by atoms with Crippen molar-refractivity contribution in [3.8, 4) is 17.6 Å². The molecular formula is C23H17ClF4N2O3. The molecule has 0 spiro atoms. The highest BCUT2D eigenvalue weighted by atomic mass is 35.5. The second kappa shape index (κ2) is 8.89. The first-order valence-electron chi connectivity index (χ1n) is 9.55. The van der Waals surface area contributed by atoms with Crippen molar-refractivity contribution < 1.29 is 27.4 Å². The quantitative estimate of drug-likeness (QED) is 0.459. The van der Waals surface area contributed by atoms with Crippen LogP contribution >= 0.6 is 11.6 Å². The van der Waals surface area contributed by atoms with Crippen LogP contribution in [-0.4, -0.2) is 16.3 Å². The Bertz CT molecular complexity index is 1300. The van der Waals surface area contributed by atoms with E-state index in [0.29, 0.717) is 0 Å². The fourth-order valence-corrected chi connectivity index (χ4v) is 3.88. The smallest absolute Gasteiger partial charge is 0.422 e. The third-order valence-corrected chi connectivity index (χ3v) is 5.64. The zero-order valence-electron chi connectivity index (χ0n) is 17.3. The Hall–Kier alpha value is -3.35. The zero-order chi connectivity index (χ0) is 24.6. The van der Waals surface area contributed by atoms with E-state index in [9.17, 15) is 27.5 Å². The number of nitrogens with zero attached hydrogens (tertiary/aromatic N) is 1. The zero-order valence-corrected chi connectivity index (χ0v) is 18.1. The van der Waals surface area contributed by atoms with Gasteiger partial charge in [0.2, 0.25) is 5.56 Å². The van der Waals surface area contributed by atoms with Crippen LogP contribution < -0.4 is 10.3 Å². The summed E-state index contributed by atoms with van der Waals surface area (Å²) in [6.07, 6.45) is -5.11. The summed E-state index contributed by atoms with van der Waals surface area (Å²) in [4.78, 5) is 13.7. The molecule has 1 aromatic heterocycles. The van der Waals surface area contributed by atoms with Gasteiger partial charge in [0.15, 0.2) is 17.2 Å². The average molecular weight is 481 g/mol. The number of rotatable bonds is 5. The van der Waals surface area contributed by atoms with Gasteiger partial charge in [-0.1, -0.05) is 24.6 Å². The predicted molar refractivity (Wildman–Crippen MR) is 113 cm³/mol. The molecule has 33 heavy (non-hydrogen) atoms. The molecule has 2 atom stereocenters. The molecule has 0 radical (unpaired) electrons. The molecule has 2 unspecified atom stereocenters. The minimum Gasteiger partial charge on any atom is -0.454 e. The first-order chi connectivity index (χ1) is 15.4. The number of alkyl halides is 3. The Labute approximate surface area is 190 Å². The summed E-state index contributed by atoms with van der Waals surface area (Å²) in [5.74, 6) is -2.56. The lowest BCUT2D eigenvalue weighted by atomic mass is 9.77. The van der Waals surface area contributed by atoms with Gasteiger partial charge in [-0.3, -0.25) is 4.79 Å². The second-order valence-electron chi connectivity index (χ2n) is 7.39. The molecule has 5 nitrogen and oxygen atoms in total. The number of aromatic nitrogens is 1. The first-order valence-corrected chi connectivity index (χ1v) is 9.92. The van der Waals surface area contributed by atoms with E-state index in [4.69, 9.17) is 21.6 Å². The molecule has 10 heteroatoms. The number of pyridine rings is 1. The van der Waals surface area contributed by atoms with E-state index in [1.54, 1.807) is 6.07 Å². The van der Waals surface area contributed by atoms with Crippen molar-refractivity contribution in [1.82, 2.24) is 4.98 Å². The molecular weight excluding hydrogens is 464 g/mol. The third kappa shape index (κ3) is 4.58. The monoisotopic (exact) mass is 480 g/mol. The van der Waals surface area contributed by atoms with E-state index in [-0.39, 0.29) is 33.3 Å².